The van der Waals surface area contributed by atoms with Crippen LogP contribution >= 0.6 is 0 Å². The van der Waals surface area contributed by atoms with Crippen molar-refractivity contribution in [2.24, 2.45) is 0 Å². The van der Waals surface area contributed by atoms with E-state index in [1.165, 1.54) is 6.26 Å². The third-order valence-electron chi connectivity index (χ3n) is 4.27. The quantitative estimate of drug-likeness (QED) is 0.810. The molecule has 2 N–H and O–H groups in total. The average Bonchev–Trinajstić information content (AvgIpc) is 3.33. The van der Waals surface area contributed by atoms with Crippen LogP contribution in [-0.2, 0) is 11.3 Å². The number of rotatable bonds is 7. The van der Waals surface area contributed by atoms with Crippen molar-refractivity contribution in [3.05, 3.63) is 60.1 Å². The Morgan fingerprint density at radius 2 is 2.12 bits per heavy atom. The maximum Gasteiger partial charge on any atom is 0.317 e. The normalized spacial score (nSPS) is 18.0. The summed E-state index contributed by atoms with van der Waals surface area (Å²) in [5.41, 5.74) is 1.00. The molecule has 6 heteroatoms. The van der Waals surface area contributed by atoms with Gasteiger partial charge in [-0.1, -0.05) is 30.3 Å². The Morgan fingerprint density at radius 1 is 1.28 bits per heavy atom. The second-order valence-corrected chi connectivity index (χ2v) is 6.22. The summed E-state index contributed by atoms with van der Waals surface area (Å²) in [5.74, 6) is 0.449. The molecule has 0 spiro atoms. The number of aliphatic hydroxyl groups excluding tert-OH is 1. The fraction of sp³-hybridized carbons (Fsp3) is 0.421. The second kappa shape index (κ2) is 8.69. The highest BCUT2D eigenvalue weighted by Crippen LogP contribution is 2.17. The summed E-state index contributed by atoms with van der Waals surface area (Å²) in [5, 5.41) is 13.3. The van der Waals surface area contributed by atoms with Crippen molar-refractivity contribution in [1.29, 1.82) is 0 Å². The zero-order valence-corrected chi connectivity index (χ0v) is 14.1. The number of benzene rings is 1. The van der Waals surface area contributed by atoms with Crippen LogP contribution in [0.2, 0.25) is 0 Å². The summed E-state index contributed by atoms with van der Waals surface area (Å²) in [6.07, 6.45) is 2.72. The van der Waals surface area contributed by atoms with E-state index in [-0.39, 0.29) is 18.7 Å². The lowest BCUT2D eigenvalue weighted by molar-refractivity contribution is 0.0929. The number of aliphatic hydroxyl groups is 1. The van der Waals surface area contributed by atoms with E-state index in [9.17, 15) is 9.90 Å². The SMILES string of the molecule is O=C(NCC1CCCO1)N(Cc1ccccc1)CC(O)c1ccco1. The molecule has 1 aliphatic rings. The second-order valence-electron chi connectivity index (χ2n) is 6.22. The Hall–Kier alpha value is -2.31. The smallest absolute Gasteiger partial charge is 0.317 e. The number of urea groups is 1. The van der Waals surface area contributed by atoms with E-state index in [1.54, 1.807) is 17.0 Å². The molecule has 3 rings (SSSR count). The Morgan fingerprint density at radius 3 is 2.80 bits per heavy atom. The van der Waals surface area contributed by atoms with Gasteiger partial charge in [0.2, 0.25) is 0 Å². The summed E-state index contributed by atoms with van der Waals surface area (Å²) in [6, 6.07) is 12.9. The molecule has 2 atom stereocenters. The van der Waals surface area contributed by atoms with Crippen LogP contribution in [-0.4, -0.2) is 41.8 Å². The van der Waals surface area contributed by atoms with Crippen LogP contribution in [0.25, 0.3) is 0 Å². The molecule has 0 saturated carbocycles. The van der Waals surface area contributed by atoms with Crippen molar-refractivity contribution in [1.82, 2.24) is 10.2 Å². The summed E-state index contributed by atoms with van der Waals surface area (Å²) >= 11 is 0. The Bertz CT molecular complexity index is 639. The zero-order chi connectivity index (χ0) is 17.5. The molecule has 2 aromatic rings. The number of carbonyl (C=O) groups excluding carboxylic acids is 1. The van der Waals surface area contributed by atoms with Gasteiger partial charge in [0.25, 0.3) is 0 Å². The van der Waals surface area contributed by atoms with E-state index in [0.29, 0.717) is 18.8 Å². The lowest BCUT2D eigenvalue weighted by Gasteiger charge is -2.26. The van der Waals surface area contributed by atoms with Gasteiger partial charge in [0.1, 0.15) is 11.9 Å². The van der Waals surface area contributed by atoms with Crippen molar-refractivity contribution in [2.45, 2.75) is 31.6 Å². The van der Waals surface area contributed by atoms with E-state index in [0.717, 1.165) is 25.0 Å². The molecule has 2 unspecified atom stereocenters. The molecule has 2 heterocycles. The predicted octanol–water partition coefficient (Wildman–Crippen LogP) is 2.70. The molecule has 6 nitrogen and oxygen atoms in total. The Balaban J connectivity index is 1.63. The number of carbonyl (C=O) groups is 1. The first-order chi connectivity index (χ1) is 12.2. The first kappa shape index (κ1) is 17.5. The van der Waals surface area contributed by atoms with Gasteiger partial charge in [0.15, 0.2) is 0 Å². The van der Waals surface area contributed by atoms with Gasteiger partial charge in [-0.3, -0.25) is 0 Å². The molecular weight excluding hydrogens is 320 g/mol. The fourth-order valence-electron chi connectivity index (χ4n) is 2.92. The van der Waals surface area contributed by atoms with E-state index >= 15 is 0 Å². The predicted molar refractivity (Wildman–Crippen MR) is 92.9 cm³/mol. The molecule has 1 aliphatic heterocycles. The Kier molecular flexibility index (Phi) is 6.09. The zero-order valence-electron chi connectivity index (χ0n) is 14.1. The molecule has 1 saturated heterocycles. The lowest BCUT2D eigenvalue weighted by atomic mass is 10.2. The van der Waals surface area contributed by atoms with E-state index in [1.807, 2.05) is 30.3 Å². The van der Waals surface area contributed by atoms with Gasteiger partial charge >= 0.3 is 6.03 Å². The van der Waals surface area contributed by atoms with Gasteiger partial charge in [0, 0.05) is 19.7 Å². The van der Waals surface area contributed by atoms with Crippen molar-refractivity contribution < 1.29 is 19.1 Å². The number of ether oxygens (including phenoxy) is 1. The van der Waals surface area contributed by atoms with Gasteiger partial charge in [-0.15, -0.1) is 0 Å². The highest BCUT2D eigenvalue weighted by Gasteiger charge is 2.22. The largest absolute Gasteiger partial charge is 0.467 e. The van der Waals surface area contributed by atoms with Crippen molar-refractivity contribution in [2.75, 3.05) is 19.7 Å². The maximum absolute atomic E-state index is 12.6. The third-order valence-corrected chi connectivity index (χ3v) is 4.27. The molecule has 1 aromatic heterocycles. The number of amides is 2. The van der Waals surface area contributed by atoms with Crippen molar-refractivity contribution in [3.63, 3.8) is 0 Å². The summed E-state index contributed by atoms with van der Waals surface area (Å²) < 4.78 is 10.8. The maximum atomic E-state index is 12.6. The monoisotopic (exact) mass is 344 g/mol. The summed E-state index contributed by atoms with van der Waals surface area (Å²) in [4.78, 5) is 14.2. The number of nitrogens with one attached hydrogen (secondary N) is 1. The average molecular weight is 344 g/mol. The number of hydrogen-bond donors (Lipinski definition) is 2. The molecule has 25 heavy (non-hydrogen) atoms. The topological polar surface area (TPSA) is 74.9 Å². The minimum atomic E-state index is -0.868. The number of hydrogen-bond acceptors (Lipinski definition) is 4. The van der Waals surface area contributed by atoms with Crippen LogP contribution in [0.3, 0.4) is 0 Å². The van der Waals surface area contributed by atoms with Gasteiger partial charge in [-0.05, 0) is 30.5 Å². The first-order valence-corrected chi connectivity index (χ1v) is 8.62. The molecule has 1 fully saturated rings. The molecule has 2 amide bonds. The lowest BCUT2D eigenvalue weighted by Crippen LogP contribution is -2.44. The molecule has 0 bridgehead atoms. The summed E-state index contributed by atoms with van der Waals surface area (Å²) in [7, 11) is 0. The minimum absolute atomic E-state index is 0.0810. The van der Waals surface area contributed by atoms with Crippen LogP contribution in [0.5, 0.6) is 0 Å². The van der Waals surface area contributed by atoms with Crippen molar-refractivity contribution in [3.8, 4) is 0 Å². The van der Waals surface area contributed by atoms with E-state index in [2.05, 4.69) is 5.32 Å². The van der Waals surface area contributed by atoms with Crippen molar-refractivity contribution >= 4 is 6.03 Å². The minimum Gasteiger partial charge on any atom is -0.467 e. The summed E-state index contributed by atoms with van der Waals surface area (Å²) in [6.45, 7) is 1.81. The van der Waals surface area contributed by atoms with E-state index < -0.39 is 6.10 Å². The molecule has 1 aromatic carbocycles. The fourth-order valence-corrected chi connectivity index (χ4v) is 2.92. The van der Waals surface area contributed by atoms with Gasteiger partial charge in [0.05, 0.1) is 18.9 Å². The first-order valence-electron chi connectivity index (χ1n) is 8.62. The van der Waals surface area contributed by atoms with Crippen LogP contribution in [0.1, 0.15) is 30.3 Å². The number of nitrogens with zero attached hydrogens (tertiary/aromatic N) is 1. The molecular formula is C19H24N2O4. The van der Waals surface area contributed by atoms with E-state index in [4.69, 9.17) is 9.15 Å². The highest BCUT2D eigenvalue weighted by atomic mass is 16.5. The van der Waals surface area contributed by atoms with Crippen LogP contribution in [0.4, 0.5) is 4.79 Å². The highest BCUT2D eigenvalue weighted by molar-refractivity contribution is 5.74. The van der Waals surface area contributed by atoms with Crippen LogP contribution < -0.4 is 5.32 Å². The Labute approximate surface area is 147 Å². The molecule has 0 radical (unpaired) electrons. The van der Waals surface area contributed by atoms with Crippen LogP contribution in [0, 0.1) is 0 Å². The van der Waals surface area contributed by atoms with Gasteiger partial charge in [-0.2, -0.15) is 0 Å². The van der Waals surface area contributed by atoms with Gasteiger partial charge < -0.3 is 24.5 Å². The number of furan rings is 1. The standard InChI is InChI=1S/C19H24N2O4/c22-17(18-9-5-11-25-18)14-21(13-15-6-2-1-3-7-15)19(23)20-12-16-8-4-10-24-16/h1-3,5-7,9,11,16-17,22H,4,8,10,12-14H2,(H,20,23). The molecule has 134 valence electrons. The molecule has 0 aliphatic carbocycles. The van der Waals surface area contributed by atoms with Crippen LogP contribution in [0.15, 0.2) is 53.1 Å². The third kappa shape index (κ3) is 5.08. The van der Waals surface area contributed by atoms with Gasteiger partial charge in [-0.25, -0.2) is 4.79 Å².